The Morgan fingerprint density at radius 2 is 1.85 bits per heavy atom. The lowest BCUT2D eigenvalue weighted by Gasteiger charge is -2.05. The summed E-state index contributed by atoms with van der Waals surface area (Å²) in [5, 5.41) is 9.11. The fourth-order valence-electron chi connectivity index (χ4n) is 0.813. The highest BCUT2D eigenvalue weighted by Gasteiger charge is 2.12. The number of carboxylic acids is 1. The monoisotopic (exact) mass is 221 g/mol. The Balaban J connectivity index is 0.00000144. The Bertz CT molecular complexity index is 287. The summed E-state index contributed by atoms with van der Waals surface area (Å²) in [5.74, 6) is -1.04. The van der Waals surface area contributed by atoms with E-state index in [4.69, 9.17) is 22.4 Å². The Morgan fingerprint density at radius 3 is 2.23 bits per heavy atom. The third-order valence-electron chi connectivity index (χ3n) is 1.50. The van der Waals surface area contributed by atoms with Crippen LogP contribution >= 0.6 is 24.0 Å². The van der Waals surface area contributed by atoms with E-state index in [0.29, 0.717) is 10.6 Å². The number of hydrogen-bond acceptors (Lipinski definition) is 2. The average Bonchev–Trinajstić information content (AvgIpc) is 2.04. The molecule has 1 atom stereocenters. The highest BCUT2D eigenvalue weighted by atomic mass is 35.5. The van der Waals surface area contributed by atoms with Gasteiger partial charge in [-0.05, 0) is 17.7 Å². The van der Waals surface area contributed by atoms with E-state index < -0.39 is 12.0 Å². The van der Waals surface area contributed by atoms with Crippen LogP contribution in [-0.4, -0.2) is 11.1 Å². The number of carbonyl (C=O) groups is 1. The van der Waals surface area contributed by atoms with Gasteiger partial charge >= 0.3 is 5.97 Å². The van der Waals surface area contributed by atoms with Gasteiger partial charge in [0.05, 0.1) is 0 Å². The summed E-state index contributed by atoms with van der Waals surface area (Å²) in [4.78, 5) is 10.4. The van der Waals surface area contributed by atoms with Crippen molar-refractivity contribution in [3.8, 4) is 0 Å². The molecule has 13 heavy (non-hydrogen) atoms. The van der Waals surface area contributed by atoms with Crippen molar-refractivity contribution in [2.24, 2.45) is 5.73 Å². The van der Waals surface area contributed by atoms with Gasteiger partial charge in [-0.25, -0.2) is 0 Å². The summed E-state index contributed by atoms with van der Waals surface area (Å²) < 4.78 is 0. The van der Waals surface area contributed by atoms with Crippen molar-refractivity contribution >= 4 is 30.0 Å². The first-order chi connectivity index (χ1) is 5.61. The topological polar surface area (TPSA) is 63.3 Å². The van der Waals surface area contributed by atoms with Crippen molar-refractivity contribution in [1.82, 2.24) is 0 Å². The number of halogens is 2. The molecule has 1 rings (SSSR count). The molecule has 0 saturated carbocycles. The molecule has 1 aromatic carbocycles. The number of benzene rings is 1. The van der Waals surface area contributed by atoms with Gasteiger partial charge in [-0.2, -0.15) is 0 Å². The highest BCUT2D eigenvalue weighted by Crippen LogP contribution is 2.14. The lowest BCUT2D eigenvalue weighted by Crippen LogP contribution is -2.20. The van der Waals surface area contributed by atoms with Gasteiger partial charge in [0.25, 0.3) is 0 Å². The van der Waals surface area contributed by atoms with Gasteiger partial charge in [0.2, 0.25) is 0 Å². The third kappa shape index (κ3) is 3.22. The molecule has 0 unspecified atom stereocenters. The van der Waals surface area contributed by atoms with Crippen molar-refractivity contribution < 1.29 is 9.90 Å². The lowest BCUT2D eigenvalue weighted by molar-refractivity contribution is -0.138. The van der Waals surface area contributed by atoms with Gasteiger partial charge in [-0.1, -0.05) is 23.7 Å². The molecule has 0 radical (unpaired) electrons. The standard InChI is InChI=1S/C8H8ClNO2.ClH/c9-6-3-1-5(2-4-6)7(10)8(11)12;/h1-4,7H,10H2,(H,11,12);1H/t7-;/m1./s1. The smallest absolute Gasteiger partial charge is 0.325 e. The molecule has 0 aliphatic rings. The molecule has 0 spiro atoms. The highest BCUT2D eigenvalue weighted by molar-refractivity contribution is 6.30. The SMILES string of the molecule is Cl.N[C@@H](C(=O)O)c1ccc(Cl)cc1. The predicted molar refractivity (Wildman–Crippen MR) is 53.3 cm³/mol. The van der Waals surface area contributed by atoms with Crippen LogP contribution in [0.25, 0.3) is 0 Å². The molecule has 0 bridgehead atoms. The Labute approximate surface area is 86.9 Å². The number of carboxylic acid groups (broad SMARTS) is 1. The molecule has 0 fully saturated rings. The van der Waals surface area contributed by atoms with E-state index in [-0.39, 0.29) is 12.4 Å². The van der Waals surface area contributed by atoms with Gasteiger partial charge in [0, 0.05) is 5.02 Å². The molecule has 3 nitrogen and oxygen atoms in total. The average molecular weight is 222 g/mol. The van der Waals surface area contributed by atoms with Crippen LogP contribution in [0, 0.1) is 0 Å². The third-order valence-corrected chi connectivity index (χ3v) is 1.75. The van der Waals surface area contributed by atoms with Gasteiger partial charge in [0.1, 0.15) is 6.04 Å². The summed E-state index contributed by atoms with van der Waals surface area (Å²) in [7, 11) is 0. The first kappa shape index (κ1) is 12.2. The van der Waals surface area contributed by atoms with Crippen LogP contribution in [-0.2, 0) is 4.79 Å². The maximum absolute atomic E-state index is 10.4. The second-order valence-corrected chi connectivity index (χ2v) is 2.80. The van der Waals surface area contributed by atoms with Crippen LogP contribution in [0.15, 0.2) is 24.3 Å². The molecule has 3 N–H and O–H groups in total. The molecule has 0 aliphatic heterocycles. The zero-order valence-electron chi connectivity index (χ0n) is 6.61. The van der Waals surface area contributed by atoms with Crippen LogP contribution < -0.4 is 5.73 Å². The second-order valence-electron chi connectivity index (χ2n) is 2.37. The van der Waals surface area contributed by atoms with E-state index in [2.05, 4.69) is 0 Å². The number of aliphatic carboxylic acids is 1. The van der Waals surface area contributed by atoms with Crippen molar-refractivity contribution in [1.29, 1.82) is 0 Å². The molecule has 0 aromatic heterocycles. The molecule has 5 heteroatoms. The maximum atomic E-state index is 10.4. The van der Waals surface area contributed by atoms with E-state index in [1.54, 1.807) is 24.3 Å². The largest absolute Gasteiger partial charge is 0.480 e. The van der Waals surface area contributed by atoms with Crippen molar-refractivity contribution in [2.45, 2.75) is 6.04 Å². The second kappa shape index (κ2) is 5.07. The van der Waals surface area contributed by atoms with E-state index in [1.807, 2.05) is 0 Å². The minimum atomic E-state index is -1.04. The minimum Gasteiger partial charge on any atom is -0.480 e. The lowest BCUT2D eigenvalue weighted by atomic mass is 10.1. The maximum Gasteiger partial charge on any atom is 0.325 e. The zero-order valence-corrected chi connectivity index (χ0v) is 8.18. The normalized spacial score (nSPS) is 11.5. The molecule has 0 saturated heterocycles. The molecule has 0 amide bonds. The molecule has 1 aromatic rings. The van der Waals surface area contributed by atoms with E-state index in [0.717, 1.165) is 0 Å². The Hall–Kier alpha value is -0.770. The molecular formula is C8H9Cl2NO2. The summed E-state index contributed by atoms with van der Waals surface area (Å²) in [5.41, 5.74) is 5.89. The van der Waals surface area contributed by atoms with E-state index >= 15 is 0 Å². The first-order valence-electron chi connectivity index (χ1n) is 3.35. The van der Waals surface area contributed by atoms with Crippen LogP contribution in [0.4, 0.5) is 0 Å². The van der Waals surface area contributed by atoms with Crippen molar-refractivity contribution in [3.63, 3.8) is 0 Å². The molecule has 0 aliphatic carbocycles. The Morgan fingerprint density at radius 1 is 1.38 bits per heavy atom. The van der Waals surface area contributed by atoms with Gasteiger partial charge in [-0.15, -0.1) is 12.4 Å². The molecule has 72 valence electrons. The Kier molecular flexibility index (Phi) is 4.77. The van der Waals surface area contributed by atoms with Crippen molar-refractivity contribution in [3.05, 3.63) is 34.9 Å². The quantitative estimate of drug-likeness (QED) is 0.802. The van der Waals surface area contributed by atoms with Crippen LogP contribution in [0.2, 0.25) is 5.02 Å². The van der Waals surface area contributed by atoms with E-state index in [9.17, 15) is 4.79 Å². The summed E-state index contributed by atoms with van der Waals surface area (Å²) in [6.45, 7) is 0. The zero-order chi connectivity index (χ0) is 9.14. The fourth-order valence-corrected chi connectivity index (χ4v) is 0.939. The summed E-state index contributed by atoms with van der Waals surface area (Å²) in [6, 6.07) is 5.45. The number of rotatable bonds is 2. The molecular weight excluding hydrogens is 213 g/mol. The van der Waals surface area contributed by atoms with Crippen LogP contribution in [0.3, 0.4) is 0 Å². The fraction of sp³-hybridized carbons (Fsp3) is 0.125. The van der Waals surface area contributed by atoms with Crippen LogP contribution in [0.1, 0.15) is 11.6 Å². The summed E-state index contributed by atoms with van der Waals surface area (Å²) >= 11 is 5.61. The van der Waals surface area contributed by atoms with E-state index in [1.165, 1.54) is 0 Å². The van der Waals surface area contributed by atoms with Gasteiger partial charge in [-0.3, -0.25) is 4.79 Å². The van der Waals surface area contributed by atoms with Gasteiger partial charge < -0.3 is 10.8 Å². The number of nitrogens with two attached hydrogens (primary N) is 1. The van der Waals surface area contributed by atoms with Crippen LogP contribution in [0.5, 0.6) is 0 Å². The van der Waals surface area contributed by atoms with Crippen molar-refractivity contribution in [2.75, 3.05) is 0 Å². The van der Waals surface area contributed by atoms with Gasteiger partial charge in [0.15, 0.2) is 0 Å². The predicted octanol–water partition coefficient (Wildman–Crippen LogP) is 1.85. The number of hydrogen-bond donors (Lipinski definition) is 2. The summed E-state index contributed by atoms with van der Waals surface area (Å²) in [6.07, 6.45) is 0. The molecule has 0 heterocycles. The first-order valence-corrected chi connectivity index (χ1v) is 3.73. The minimum absolute atomic E-state index is 0.